The minimum absolute atomic E-state index is 0.310. The summed E-state index contributed by atoms with van der Waals surface area (Å²) in [6.45, 7) is 0. The number of anilines is 2. The molecule has 0 unspecified atom stereocenters. The molecule has 0 saturated carbocycles. The van der Waals surface area contributed by atoms with Crippen LogP contribution >= 0.6 is 0 Å². The summed E-state index contributed by atoms with van der Waals surface area (Å²) in [4.78, 5) is 29.8. The highest BCUT2D eigenvalue weighted by atomic mass is 19.4. The van der Waals surface area contributed by atoms with Crippen molar-refractivity contribution in [1.29, 1.82) is 0 Å². The molecule has 34 heavy (non-hydrogen) atoms. The van der Waals surface area contributed by atoms with Gasteiger partial charge in [-0.2, -0.15) is 26.3 Å². The standard InChI is InChI=1S/C23H15F6N3O2/c24-22(25,26)15-3-1-5-17(12-15)32(18-6-2-4-16(13-18)23(27,28)29)21(34)19(20(30)33)11-14-7-9-31-10-8-14/h1-13H,(H2,30,33). The molecule has 0 aliphatic rings. The predicted octanol–water partition coefficient (Wildman–Crippen LogP) is 5.35. The first kappa shape index (κ1) is 24.5. The van der Waals surface area contributed by atoms with Crippen molar-refractivity contribution < 1.29 is 35.9 Å². The van der Waals surface area contributed by atoms with Gasteiger partial charge in [-0.3, -0.25) is 19.5 Å². The summed E-state index contributed by atoms with van der Waals surface area (Å²) in [7, 11) is 0. The molecular weight excluding hydrogens is 464 g/mol. The van der Waals surface area contributed by atoms with Crippen LogP contribution in [0.5, 0.6) is 0 Å². The summed E-state index contributed by atoms with van der Waals surface area (Å²) < 4.78 is 79.7. The van der Waals surface area contributed by atoms with Crippen molar-refractivity contribution in [3.63, 3.8) is 0 Å². The van der Waals surface area contributed by atoms with Crippen LogP contribution in [-0.2, 0) is 21.9 Å². The quantitative estimate of drug-likeness (QED) is 0.232. The lowest BCUT2D eigenvalue weighted by molar-refractivity contribution is -0.138. The van der Waals surface area contributed by atoms with Crippen LogP contribution < -0.4 is 10.6 Å². The van der Waals surface area contributed by atoms with Gasteiger partial charge in [-0.15, -0.1) is 0 Å². The number of amides is 2. The summed E-state index contributed by atoms with van der Waals surface area (Å²) in [5, 5.41) is 0. The first-order chi connectivity index (χ1) is 15.9. The molecule has 0 aliphatic carbocycles. The normalized spacial score (nSPS) is 12.4. The number of rotatable bonds is 5. The molecule has 2 N–H and O–H groups in total. The summed E-state index contributed by atoms with van der Waals surface area (Å²) in [5.41, 5.74) is 1.87. The van der Waals surface area contributed by atoms with Gasteiger partial charge in [-0.25, -0.2) is 0 Å². The van der Waals surface area contributed by atoms with E-state index < -0.39 is 52.2 Å². The third-order valence-corrected chi connectivity index (χ3v) is 4.58. The van der Waals surface area contributed by atoms with Gasteiger partial charge in [0.25, 0.3) is 11.8 Å². The molecule has 0 fully saturated rings. The zero-order valence-corrected chi connectivity index (χ0v) is 17.1. The number of pyridine rings is 1. The molecule has 0 radical (unpaired) electrons. The maximum absolute atomic E-state index is 13.4. The van der Waals surface area contributed by atoms with Crippen LogP contribution in [0.4, 0.5) is 37.7 Å². The molecule has 11 heteroatoms. The number of halogens is 6. The van der Waals surface area contributed by atoms with Crippen LogP contribution in [0.25, 0.3) is 6.08 Å². The fraction of sp³-hybridized carbons (Fsp3) is 0.0870. The largest absolute Gasteiger partial charge is 0.416 e. The molecule has 2 amide bonds. The molecule has 5 nitrogen and oxygen atoms in total. The fourth-order valence-electron chi connectivity index (χ4n) is 3.01. The number of aromatic nitrogens is 1. The van der Waals surface area contributed by atoms with Crippen molar-refractivity contribution in [3.05, 3.63) is 95.3 Å². The van der Waals surface area contributed by atoms with E-state index in [-0.39, 0.29) is 0 Å². The van der Waals surface area contributed by atoms with Crippen molar-refractivity contribution in [2.24, 2.45) is 5.73 Å². The van der Waals surface area contributed by atoms with Crippen LogP contribution in [0, 0.1) is 0 Å². The van der Waals surface area contributed by atoms with Crippen LogP contribution in [0.3, 0.4) is 0 Å². The van der Waals surface area contributed by atoms with Gasteiger partial charge in [0.2, 0.25) is 0 Å². The Balaban J connectivity index is 2.22. The minimum Gasteiger partial charge on any atom is -0.365 e. The second-order valence-electron chi connectivity index (χ2n) is 6.94. The molecule has 0 atom stereocenters. The van der Waals surface area contributed by atoms with Crippen LogP contribution in [0.2, 0.25) is 0 Å². The number of hydrogen-bond acceptors (Lipinski definition) is 3. The number of nitrogens with zero attached hydrogens (tertiary/aromatic N) is 2. The fourth-order valence-corrected chi connectivity index (χ4v) is 3.01. The lowest BCUT2D eigenvalue weighted by atomic mass is 10.1. The van der Waals surface area contributed by atoms with Crippen molar-refractivity contribution in [3.8, 4) is 0 Å². The number of carbonyl (C=O) groups is 2. The van der Waals surface area contributed by atoms with Crippen molar-refractivity contribution in [2.45, 2.75) is 12.4 Å². The average Bonchev–Trinajstić information content (AvgIpc) is 2.77. The van der Waals surface area contributed by atoms with E-state index in [1.54, 1.807) is 0 Å². The molecule has 3 rings (SSSR count). The van der Waals surface area contributed by atoms with E-state index in [2.05, 4.69) is 4.98 Å². The zero-order valence-electron chi connectivity index (χ0n) is 17.1. The third kappa shape index (κ3) is 5.61. The molecule has 3 aromatic rings. The highest BCUT2D eigenvalue weighted by Crippen LogP contribution is 2.37. The number of nitrogens with two attached hydrogens (primary N) is 1. The van der Waals surface area contributed by atoms with Gasteiger partial charge in [-0.05, 0) is 60.2 Å². The molecule has 1 aromatic heterocycles. The molecule has 0 aliphatic heterocycles. The Morgan fingerprint density at radius 1 is 0.794 bits per heavy atom. The van der Waals surface area contributed by atoms with Crippen molar-refractivity contribution in [1.82, 2.24) is 4.98 Å². The first-order valence-corrected chi connectivity index (χ1v) is 9.48. The maximum atomic E-state index is 13.4. The van der Waals surface area contributed by atoms with Crippen molar-refractivity contribution in [2.75, 3.05) is 4.90 Å². The van der Waals surface area contributed by atoms with Crippen LogP contribution in [0.15, 0.2) is 78.6 Å². The number of carbonyl (C=O) groups excluding carboxylic acids is 2. The second-order valence-corrected chi connectivity index (χ2v) is 6.94. The summed E-state index contributed by atoms with van der Waals surface area (Å²) in [6.07, 6.45) is -5.81. The van der Waals surface area contributed by atoms with Gasteiger partial charge in [-0.1, -0.05) is 12.1 Å². The Kier molecular flexibility index (Phi) is 6.75. The van der Waals surface area contributed by atoms with Gasteiger partial charge in [0.1, 0.15) is 5.57 Å². The number of benzene rings is 2. The monoisotopic (exact) mass is 479 g/mol. The molecular formula is C23H15F6N3O2. The predicted molar refractivity (Wildman–Crippen MR) is 111 cm³/mol. The van der Waals surface area contributed by atoms with Gasteiger partial charge in [0.05, 0.1) is 11.1 Å². The van der Waals surface area contributed by atoms with E-state index in [9.17, 15) is 35.9 Å². The summed E-state index contributed by atoms with van der Waals surface area (Å²) in [6, 6.07) is 9.67. The van der Waals surface area contributed by atoms with Gasteiger partial charge >= 0.3 is 12.4 Å². The Bertz CT molecular complexity index is 1180. The first-order valence-electron chi connectivity index (χ1n) is 9.48. The topological polar surface area (TPSA) is 76.3 Å². The number of alkyl halides is 6. The molecule has 0 bridgehead atoms. The van der Waals surface area contributed by atoms with Crippen LogP contribution in [-0.4, -0.2) is 16.8 Å². The highest BCUT2D eigenvalue weighted by molar-refractivity contribution is 6.27. The molecule has 1 heterocycles. The van der Waals surface area contributed by atoms with E-state index in [1.165, 1.54) is 24.5 Å². The van der Waals surface area contributed by atoms with Crippen LogP contribution in [0.1, 0.15) is 16.7 Å². The Labute approximate surface area is 189 Å². The van der Waals surface area contributed by atoms with Gasteiger partial charge < -0.3 is 5.73 Å². The molecule has 0 spiro atoms. The second kappa shape index (κ2) is 9.38. The Hall–Kier alpha value is -4.15. The van der Waals surface area contributed by atoms with E-state index in [1.807, 2.05) is 0 Å². The smallest absolute Gasteiger partial charge is 0.365 e. The molecule has 2 aromatic carbocycles. The number of primary amides is 1. The average molecular weight is 479 g/mol. The Morgan fingerprint density at radius 3 is 1.68 bits per heavy atom. The van der Waals surface area contributed by atoms with Gasteiger partial charge in [0.15, 0.2) is 0 Å². The number of hydrogen-bond donors (Lipinski definition) is 1. The lowest BCUT2D eigenvalue weighted by Gasteiger charge is -2.25. The van der Waals surface area contributed by atoms with Crippen molar-refractivity contribution >= 4 is 29.3 Å². The Morgan fingerprint density at radius 2 is 1.26 bits per heavy atom. The van der Waals surface area contributed by atoms with E-state index in [0.717, 1.165) is 42.5 Å². The molecule has 176 valence electrons. The van der Waals surface area contributed by atoms with Gasteiger partial charge in [0, 0.05) is 23.8 Å². The van der Waals surface area contributed by atoms with E-state index in [0.29, 0.717) is 22.6 Å². The summed E-state index contributed by atoms with van der Waals surface area (Å²) >= 11 is 0. The third-order valence-electron chi connectivity index (χ3n) is 4.58. The maximum Gasteiger partial charge on any atom is 0.416 e. The SMILES string of the molecule is NC(=O)C(=Cc1ccncc1)C(=O)N(c1cccc(C(F)(F)F)c1)c1cccc(C(F)(F)F)c1. The van der Waals surface area contributed by atoms with E-state index >= 15 is 0 Å². The summed E-state index contributed by atoms with van der Waals surface area (Å²) in [5.74, 6) is -2.45. The van der Waals surface area contributed by atoms with E-state index in [4.69, 9.17) is 5.73 Å². The lowest BCUT2D eigenvalue weighted by Crippen LogP contribution is -2.33. The zero-order chi connectivity index (χ0) is 25.1. The molecule has 0 saturated heterocycles. The highest BCUT2D eigenvalue weighted by Gasteiger charge is 2.34. The minimum atomic E-state index is -4.79.